The standard InChI is InChI=1S/C39H39FN2O7/c1-46-34-24-30(12-17-33(34)49-26-27-6-3-2-4-7-27)36-35(38(44)39(45)42(36)19-5-18-41-20-22-47-23-21-41)37(43)29-10-15-32(16-11-29)48-25-28-8-13-31(40)14-9-28/h2-4,6-17,24,36,43H,5,18-23,25-26H2,1H3/b37-35-. The lowest BCUT2D eigenvalue weighted by Crippen LogP contribution is -2.39. The van der Waals surface area contributed by atoms with Crippen molar-refractivity contribution in [2.75, 3.05) is 46.5 Å². The van der Waals surface area contributed by atoms with Crippen LogP contribution in [0.1, 0.15) is 34.7 Å². The van der Waals surface area contributed by atoms with Crippen molar-refractivity contribution in [2.45, 2.75) is 25.7 Å². The van der Waals surface area contributed by atoms with Gasteiger partial charge >= 0.3 is 0 Å². The molecule has 0 radical (unpaired) electrons. The number of hydrogen-bond donors (Lipinski definition) is 1. The summed E-state index contributed by atoms with van der Waals surface area (Å²) >= 11 is 0. The third-order valence-corrected chi connectivity index (χ3v) is 8.70. The number of ether oxygens (including phenoxy) is 4. The summed E-state index contributed by atoms with van der Waals surface area (Å²) in [7, 11) is 1.54. The zero-order valence-corrected chi connectivity index (χ0v) is 27.3. The Hall–Kier alpha value is -5.19. The first-order valence-electron chi connectivity index (χ1n) is 16.3. The van der Waals surface area contributed by atoms with Gasteiger partial charge in [-0.3, -0.25) is 14.5 Å². The van der Waals surface area contributed by atoms with E-state index in [1.165, 1.54) is 24.1 Å². The zero-order valence-electron chi connectivity index (χ0n) is 27.3. The number of benzene rings is 4. The van der Waals surface area contributed by atoms with Gasteiger partial charge in [0.15, 0.2) is 11.5 Å². The van der Waals surface area contributed by atoms with Crippen molar-refractivity contribution in [2.24, 2.45) is 0 Å². The van der Waals surface area contributed by atoms with E-state index in [1.807, 2.05) is 30.3 Å². The maximum absolute atomic E-state index is 13.7. The van der Waals surface area contributed by atoms with E-state index in [4.69, 9.17) is 18.9 Å². The second kappa shape index (κ2) is 15.8. The third kappa shape index (κ3) is 8.10. The molecule has 1 amide bonds. The summed E-state index contributed by atoms with van der Waals surface area (Å²) in [6.07, 6.45) is 0.638. The highest BCUT2D eigenvalue weighted by Gasteiger charge is 2.46. The summed E-state index contributed by atoms with van der Waals surface area (Å²) in [5.74, 6) is -0.559. The number of Topliss-reactive ketones (excluding diaryl/α,β-unsaturated/α-hetero) is 1. The van der Waals surface area contributed by atoms with Crippen LogP contribution < -0.4 is 14.2 Å². The van der Waals surface area contributed by atoms with Crippen LogP contribution in [0.25, 0.3) is 5.76 Å². The molecule has 2 aliphatic rings. The predicted molar refractivity (Wildman–Crippen MR) is 182 cm³/mol. The highest BCUT2D eigenvalue weighted by atomic mass is 19.1. The lowest BCUT2D eigenvalue weighted by molar-refractivity contribution is -0.140. The minimum Gasteiger partial charge on any atom is -0.507 e. The van der Waals surface area contributed by atoms with Gasteiger partial charge in [-0.1, -0.05) is 48.5 Å². The van der Waals surface area contributed by atoms with Gasteiger partial charge in [0.2, 0.25) is 0 Å². The first-order valence-corrected chi connectivity index (χ1v) is 16.3. The Balaban J connectivity index is 1.27. The summed E-state index contributed by atoms with van der Waals surface area (Å²) in [6.45, 7) is 4.58. The van der Waals surface area contributed by atoms with Crippen LogP contribution in [-0.4, -0.2) is 73.1 Å². The zero-order chi connectivity index (χ0) is 34.2. The summed E-state index contributed by atoms with van der Waals surface area (Å²) in [5.41, 5.74) is 2.76. The summed E-state index contributed by atoms with van der Waals surface area (Å²) in [6, 6.07) is 26.9. The number of aliphatic hydroxyl groups excluding tert-OH is 1. The molecule has 2 saturated heterocycles. The van der Waals surface area contributed by atoms with Crippen molar-refractivity contribution < 1.29 is 38.0 Å². The first kappa shape index (κ1) is 33.7. The Morgan fingerprint density at radius 1 is 0.837 bits per heavy atom. The fourth-order valence-corrected chi connectivity index (χ4v) is 6.07. The Labute approximate surface area is 285 Å². The van der Waals surface area contributed by atoms with Crippen LogP contribution >= 0.6 is 0 Å². The first-order chi connectivity index (χ1) is 23.9. The minimum absolute atomic E-state index is 0.00337. The van der Waals surface area contributed by atoms with E-state index < -0.39 is 17.7 Å². The topological polar surface area (TPSA) is 97.8 Å². The van der Waals surface area contributed by atoms with Crippen molar-refractivity contribution in [1.82, 2.24) is 9.80 Å². The number of likely N-dealkylation sites (tertiary alicyclic amines) is 1. The number of carbonyl (C=O) groups is 2. The number of amides is 1. The molecule has 0 aromatic heterocycles. The van der Waals surface area contributed by atoms with Crippen LogP contribution in [0.3, 0.4) is 0 Å². The number of ketones is 1. The molecule has 2 fully saturated rings. The van der Waals surface area contributed by atoms with Crippen molar-refractivity contribution in [3.8, 4) is 17.2 Å². The molecule has 6 rings (SSSR count). The van der Waals surface area contributed by atoms with E-state index in [9.17, 15) is 19.1 Å². The number of aliphatic hydroxyl groups is 1. The molecule has 2 aliphatic heterocycles. The Morgan fingerprint density at radius 2 is 1.53 bits per heavy atom. The average molecular weight is 667 g/mol. The molecule has 10 heteroatoms. The third-order valence-electron chi connectivity index (χ3n) is 8.70. The summed E-state index contributed by atoms with van der Waals surface area (Å²) in [4.78, 5) is 31.1. The largest absolute Gasteiger partial charge is 0.507 e. The fraction of sp³-hybridized carbons (Fsp3) is 0.282. The van der Waals surface area contributed by atoms with E-state index in [1.54, 1.807) is 54.6 Å². The van der Waals surface area contributed by atoms with Gasteiger partial charge in [0.05, 0.1) is 31.9 Å². The van der Waals surface area contributed by atoms with E-state index in [-0.39, 0.29) is 23.8 Å². The van der Waals surface area contributed by atoms with E-state index >= 15 is 0 Å². The van der Waals surface area contributed by atoms with Crippen molar-refractivity contribution >= 4 is 17.4 Å². The van der Waals surface area contributed by atoms with Crippen molar-refractivity contribution in [1.29, 1.82) is 0 Å². The highest BCUT2D eigenvalue weighted by molar-refractivity contribution is 6.46. The normalized spacial score (nSPS) is 17.7. The number of hydrogen-bond acceptors (Lipinski definition) is 8. The lowest BCUT2D eigenvalue weighted by atomic mass is 9.95. The molecule has 0 saturated carbocycles. The molecule has 4 aromatic rings. The number of rotatable bonds is 13. The van der Waals surface area contributed by atoms with Gasteiger partial charge in [-0.05, 0) is 71.6 Å². The molecule has 49 heavy (non-hydrogen) atoms. The number of nitrogens with zero attached hydrogens (tertiary/aromatic N) is 2. The SMILES string of the molecule is COc1cc(C2/C(=C(/O)c3ccc(OCc4ccc(F)cc4)cc3)C(=O)C(=O)N2CCCN2CCOCC2)ccc1OCc1ccccc1. The molecular weight excluding hydrogens is 627 g/mol. The van der Waals surface area contributed by atoms with Crippen LogP contribution in [0.15, 0.2) is 103 Å². The van der Waals surface area contributed by atoms with Crippen molar-refractivity contribution in [3.63, 3.8) is 0 Å². The van der Waals surface area contributed by atoms with Crippen LogP contribution in [0, 0.1) is 5.82 Å². The Morgan fingerprint density at radius 3 is 2.24 bits per heavy atom. The highest BCUT2D eigenvalue weighted by Crippen LogP contribution is 2.42. The summed E-state index contributed by atoms with van der Waals surface area (Å²) in [5, 5.41) is 11.6. The van der Waals surface area contributed by atoms with E-state index in [2.05, 4.69) is 4.90 Å². The summed E-state index contributed by atoms with van der Waals surface area (Å²) < 4.78 is 36.3. The number of methoxy groups -OCH3 is 1. The smallest absolute Gasteiger partial charge is 0.295 e. The Bertz CT molecular complexity index is 1770. The van der Waals surface area contributed by atoms with Crippen LogP contribution in [-0.2, 0) is 27.5 Å². The second-order valence-electron chi connectivity index (χ2n) is 11.9. The van der Waals surface area contributed by atoms with Gasteiger partial charge in [0.25, 0.3) is 11.7 Å². The molecule has 2 heterocycles. The van der Waals surface area contributed by atoms with E-state index in [0.29, 0.717) is 61.2 Å². The molecule has 1 N–H and O–H groups in total. The van der Waals surface area contributed by atoms with E-state index in [0.717, 1.165) is 30.8 Å². The Kier molecular flexibility index (Phi) is 10.9. The number of halogens is 1. The molecule has 1 atom stereocenters. The quantitative estimate of drug-likeness (QED) is 0.103. The van der Waals surface area contributed by atoms with Crippen molar-refractivity contribution in [3.05, 3.63) is 131 Å². The van der Waals surface area contributed by atoms with Gasteiger partial charge in [-0.2, -0.15) is 0 Å². The lowest BCUT2D eigenvalue weighted by Gasteiger charge is -2.29. The number of carbonyl (C=O) groups excluding carboxylic acids is 2. The predicted octanol–water partition coefficient (Wildman–Crippen LogP) is 6.14. The van der Waals surface area contributed by atoms with Crippen LogP contribution in [0.5, 0.6) is 17.2 Å². The van der Waals surface area contributed by atoms with Gasteiger partial charge < -0.3 is 29.0 Å². The fourth-order valence-electron chi connectivity index (χ4n) is 6.07. The maximum atomic E-state index is 13.7. The molecule has 0 bridgehead atoms. The van der Waals surface area contributed by atoms with Gasteiger partial charge in [0.1, 0.15) is 30.5 Å². The van der Waals surface area contributed by atoms with Gasteiger partial charge in [-0.25, -0.2) is 4.39 Å². The molecule has 0 spiro atoms. The maximum Gasteiger partial charge on any atom is 0.295 e. The molecule has 9 nitrogen and oxygen atoms in total. The van der Waals surface area contributed by atoms with Crippen LogP contribution in [0.2, 0.25) is 0 Å². The molecular formula is C39H39FN2O7. The molecule has 254 valence electrons. The molecule has 0 aliphatic carbocycles. The molecule has 4 aromatic carbocycles. The average Bonchev–Trinajstić information content (AvgIpc) is 3.39. The number of morpholine rings is 1. The van der Waals surface area contributed by atoms with Crippen LogP contribution in [0.4, 0.5) is 4.39 Å². The minimum atomic E-state index is -0.851. The molecule has 1 unspecified atom stereocenters. The monoisotopic (exact) mass is 666 g/mol. The van der Waals surface area contributed by atoms with Gasteiger partial charge in [0, 0.05) is 31.7 Å². The van der Waals surface area contributed by atoms with Gasteiger partial charge in [-0.15, -0.1) is 0 Å². The second-order valence-corrected chi connectivity index (χ2v) is 11.9.